The second-order valence-corrected chi connectivity index (χ2v) is 7.96. The van der Waals surface area contributed by atoms with Crippen molar-refractivity contribution in [1.29, 1.82) is 0 Å². The topological polar surface area (TPSA) is 92.1 Å². The maximum atomic E-state index is 4.35. The van der Waals surface area contributed by atoms with E-state index < -0.39 is 0 Å². The highest BCUT2D eigenvalue weighted by Crippen LogP contribution is 2.45. The van der Waals surface area contributed by atoms with Gasteiger partial charge in [-0.3, -0.25) is 9.67 Å². The molecule has 8 nitrogen and oxygen atoms in total. The van der Waals surface area contributed by atoms with Crippen LogP contribution in [0.4, 0.5) is 5.82 Å². The molecular weight excluding hydrogens is 340 g/mol. The average Bonchev–Trinajstić information content (AvgIpc) is 3.00. The molecule has 0 atom stereocenters. The predicted molar refractivity (Wildman–Crippen MR) is 110 cm³/mol. The lowest BCUT2D eigenvalue weighted by molar-refractivity contribution is 0.104. The van der Waals surface area contributed by atoms with Gasteiger partial charge in [0.15, 0.2) is 11.6 Å². The van der Waals surface area contributed by atoms with E-state index in [9.17, 15) is 0 Å². The van der Waals surface area contributed by atoms with Crippen LogP contribution in [-0.4, -0.2) is 52.4 Å². The normalized spacial score (nSPS) is 16.4. The van der Waals surface area contributed by atoms with Crippen LogP contribution in [0.15, 0.2) is 17.5 Å². The minimum atomic E-state index is 0.455. The van der Waals surface area contributed by atoms with Crippen molar-refractivity contribution in [2.24, 2.45) is 23.4 Å². The molecule has 3 N–H and O–H groups in total. The highest BCUT2D eigenvalue weighted by molar-refractivity contribution is 5.86. The molecule has 1 aliphatic carbocycles. The van der Waals surface area contributed by atoms with Crippen LogP contribution in [0.5, 0.6) is 0 Å². The SMILES string of the molecule is CN=C(NCCNc1ncnc2c1cnn2C)NCC1(CC(C)C)CCC1. The molecule has 0 unspecified atom stereocenters. The number of aryl methyl sites for hydroxylation is 1. The number of hydrogen-bond donors (Lipinski definition) is 3. The summed E-state index contributed by atoms with van der Waals surface area (Å²) in [6.07, 6.45) is 8.64. The monoisotopic (exact) mass is 372 g/mol. The second kappa shape index (κ2) is 8.54. The summed E-state index contributed by atoms with van der Waals surface area (Å²) in [5.41, 5.74) is 1.28. The molecule has 0 aliphatic heterocycles. The second-order valence-electron chi connectivity index (χ2n) is 7.96. The number of nitrogens with zero attached hydrogens (tertiary/aromatic N) is 5. The Hall–Kier alpha value is -2.38. The van der Waals surface area contributed by atoms with Gasteiger partial charge in [0.25, 0.3) is 0 Å². The van der Waals surface area contributed by atoms with Crippen LogP contribution in [0.25, 0.3) is 11.0 Å². The van der Waals surface area contributed by atoms with Gasteiger partial charge in [0, 0.05) is 33.7 Å². The number of nitrogens with one attached hydrogen (secondary N) is 3. The summed E-state index contributed by atoms with van der Waals surface area (Å²) in [4.78, 5) is 12.9. The van der Waals surface area contributed by atoms with Crippen molar-refractivity contribution >= 4 is 22.8 Å². The van der Waals surface area contributed by atoms with Gasteiger partial charge in [-0.25, -0.2) is 9.97 Å². The van der Waals surface area contributed by atoms with Crippen LogP contribution in [0.1, 0.15) is 39.5 Å². The van der Waals surface area contributed by atoms with Crippen LogP contribution in [0.3, 0.4) is 0 Å². The average molecular weight is 373 g/mol. The molecular formula is C19H32N8. The number of anilines is 1. The Morgan fingerprint density at radius 1 is 1.26 bits per heavy atom. The van der Waals surface area contributed by atoms with Crippen molar-refractivity contribution < 1.29 is 0 Å². The fraction of sp³-hybridized carbons (Fsp3) is 0.684. The van der Waals surface area contributed by atoms with Gasteiger partial charge in [-0.05, 0) is 30.6 Å². The van der Waals surface area contributed by atoms with E-state index >= 15 is 0 Å². The fourth-order valence-electron chi connectivity index (χ4n) is 3.95. The molecule has 0 spiro atoms. The summed E-state index contributed by atoms with van der Waals surface area (Å²) in [6, 6.07) is 0. The maximum absolute atomic E-state index is 4.35. The van der Waals surface area contributed by atoms with Crippen molar-refractivity contribution in [1.82, 2.24) is 30.4 Å². The summed E-state index contributed by atoms with van der Waals surface area (Å²) in [7, 11) is 3.70. The molecule has 0 bridgehead atoms. The van der Waals surface area contributed by atoms with Gasteiger partial charge in [0.05, 0.1) is 11.6 Å². The number of hydrogen-bond acceptors (Lipinski definition) is 5. The van der Waals surface area contributed by atoms with E-state index in [0.29, 0.717) is 5.41 Å². The van der Waals surface area contributed by atoms with Crippen LogP contribution >= 0.6 is 0 Å². The molecule has 0 radical (unpaired) electrons. The minimum absolute atomic E-state index is 0.455. The highest BCUT2D eigenvalue weighted by Gasteiger charge is 2.37. The first-order chi connectivity index (χ1) is 13.0. The zero-order chi connectivity index (χ0) is 19.3. The van der Waals surface area contributed by atoms with E-state index in [-0.39, 0.29) is 0 Å². The Labute approximate surface area is 161 Å². The summed E-state index contributed by atoms with van der Waals surface area (Å²) in [6.45, 7) is 7.11. The first-order valence-electron chi connectivity index (χ1n) is 9.84. The molecule has 0 saturated heterocycles. The van der Waals surface area contributed by atoms with Crippen molar-refractivity contribution in [2.75, 3.05) is 32.0 Å². The first-order valence-corrected chi connectivity index (χ1v) is 9.84. The van der Waals surface area contributed by atoms with Crippen molar-refractivity contribution in [3.8, 4) is 0 Å². The fourth-order valence-corrected chi connectivity index (χ4v) is 3.95. The Balaban J connectivity index is 1.44. The van der Waals surface area contributed by atoms with Crippen molar-refractivity contribution in [3.05, 3.63) is 12.5 Å². The number of aromatic nitrogens is 4. The Morgan fingerprint density at radius 3 is 2.74 bits per heavy atom. The smallest absolute Gasteiger partial charge is 0.191 e. The molecule has 3 rings (SSSR count). The van der Waals surface area contributed by atoms with Gasteiger partial charge in [-0.15, -0.1) is 0 Å². The van der Waals surface area contributed by atoms with Gasteiger partial charge < -0.3 is 16.0 Å². The Morgan fingerprint density at radius 2 is 2.07 bits per heavy atom. The van der Waals surface area contributed by atoms with Crippen LogP contribution < -0.4 is 16.0 Å². The Bertz CT molecular complexity index is 775. The maximum Gasteiger partial charge on any atom is 0.191 e. The lowest BCUT2D eigenvalue weighted by Gasteiger charge is -2.43. The standard InChI is InChI=1S/C19H32N8/c1-14(2)10-19(6-5-7-19)12-23-18(20-3)22-9-8-21-16-15-11-26-27(4)17(15)25-13-24-16/h11,13-14H,5-10,12H2,1-4H3,(H2,20,22,23)(H,21,24,25). The van der Waals surface area contributed by atoms with Gasteiger partial charge in [-0.2, -0.15) is 5.10 Å². The first kappa shape index (κ1) is 19.4. The third-order valence-electron chi connectivity index (χ3n) is 5.35. The van der Waals surface area contributed by atoms with Gasteiger partial charge in [-0.1, -0.05) is 20.3 Å². The number of fused-ring (bicyclic) bond motifs is 1. The van der Waals surface area contributed by atoms with E-state index in [0.717, 1.165) is 48.4 Å². The molecule has 1 saturated carbocycles. The largest absolute Gasteiger partial charge is 0.368 e. The molecule has 2 aromatic heterocycles. The highest BCUT2D eigenvalue weighted by atomic mass is 15.3. The zero-order valence-electron chi connectivity index (χ0n) is 16.9. The molecule has 27 heavy (non-hydrogen) atoms. The molecule has 1 fully saturated rings. The summed E-state index contributed by atoms with van der Waals surface area (Å²) < 4.78 is 1.75. The van der Waals surface area contributed by atoms with Crippen LogP contribution in [0, 0.1) is 11.3 Å². The number of aliphatic imine (C=N–C) groups is 1. The molecule has 2 heterocycles. The predicted octanol–water partition coefficient (Wildman–Crippen LogP) is 2.16. The van der Waals surface area contributed by atoms with Gasteiger partial charge >= 0.3 is 0 Å². The lowest BCUT2D eigenvalue weighted by atomic mass is 9.64. The molecule has 2 aromatic rings. The van der Waals surface area contributed by atoms with Crippen molar-refractivity contribution in [2.45, 2.75) is 39.5 Å². The zero-order valence-corrected chi connectivity index (χ0v) is 16.9. The molecule has 0 aromatic carbocycles. The molecule has 148 valence electrons. The summed E-state index contributed by atoms with van der Waals surface area (Å²) >= 11 is 0. The van der Waals surface area contributed by atoms with Gasteiger partial charge in [0.2, 0.25) is 0 Å². The van der Waals surface area contributed by atoms with E-state index in [1.165, 1.54) is 25.7 Å². The summed E-state index contributed by atoms with van der Waals surface area (Å²) in [5.74, 6) is 2.41. The molecule has 8 heteroatoms. The lowest BCUT2D eigenvalue weighted by Crippen LogP contribution is -2.47. The van der Waals surface area contributed by atoms with E-state index in [1.807, 2.05) is 14.1 Å². The third-order valence-corrected chi connectivity index (χ3v) is 5.35. The van der Waals surface area contributed by atoms with E-state index in [2.05, 4.69) is 49.9 Å². The van der Waals surface area contributed by atoms with Gasteiger partial charge in [0.1, 0.15) is 12.1 Å². The van der Waals surface area contributed by atoms with Crippen LogP contribution in [0.2, 0.25) is 0 Å². The number of rotatable bonds is 8. The van der Waals surface area contributed by atoms with E-state index in [1.54, 1.807) is 17.2 Å². The van der Waals surface area contributed by atoms with Crippen LogP contribution in [-0.2, 0) is 7.05 Å². The van der Waals surface area contributed by atoms with E-state index in [4.69, 9.17) is 0 Å². The quantitative estimate of drug-likeness (QED) is 0.374. The van der Waals surface area contributed by atoms with Crippen molar-refractivity contribution in [3.63, 3.8) is 0 Å². The number of guanidine groups is 1. The molecule has 0 amide bonds. The summed E-state index contributed by atoms with van der Waals surface area (Å²) in [5, 5.41) is 15.4. The third kappa shape index (κ3) is 4.67. The Kier molecular flexibility index (Phi) is 6.13. The molecule has 1 aliphatic rings. The minimum Gasteiger partial charge on any atom is -0.368 e.